The molecule has 0 radical (unpaired) electrons. The fourth-order valence-corrected chi connectivity index (χ4v) is 4.36. The van der Waals surface area contributed by atoms with E-state index >= 15 is 0 Å². The molecule has 0 spiro atoms. The van der Waals surface area contributed by atoms with Crippen LogP contribution in [0.25, 0.3) is 10.9 Å². The molecule has 0 aliphatic carbocycles. The van der Waals surface area contributed by atoms with Gasteiger partial charge in [-0.25, -0.2) is 27.3 Å². The predicted octanol–water partition coefficient (Wildman–Crippen LogP) is 3.74. The van der Waals surface area contributed by atoms with Gasteiger partial charge in [0.15, 0.2) is 5.69 Å². The van der Waals surface area contributed by atoms with Crippen molar-refractivity contribution in [1.29, 1.82) is 0 Å². The number of aromatic nitrogens is 1. The smallest absolute Gasteiger partial charge is 0.331 e. The van der Waals surface area contributed by atoms with Gasteiger partial charge in [-0.15, -0.1) is 0 Å². The number of anilines is 1. The molecule has 8 heteroatoms. The normalized spacial score (nSPS) is 13.9. The van der Waals surface area contributed by atoms with E-state index < -0.39 is 21.6 Å². The molecule has 7 nitrogen and oxygen atoms in total. The maximum absolute atomic E-state index is 13.0. The summed E-state index contributed by atoms with van der Waals surface area (Å²) < 4.78 is 32.4. The molecule has 2 heterocycles. The first-order valence-electron chi connectivity index (χ1n) is 9.00. The number of benzene rings is 1. The summed E-state index contributed by atoms with van der Waals surface area (Å²) in [5, 5.41) is 0. The van der Waals surface area contributed by atoms with Gasteiger partial charge >= 0.3 is 5.97 Å². The number of hydrogen-bond acceptors (Lipinski definition) is 5. The van der Waals surface area contributed by atoms with Crippen molar-refractivity contribution in [1.82, 2.24) is 4.98 Å². The summed E-state index contributed by atoms with van der Waals surface area (Å²) in [4.78, 5) is 19.5. The first-order valence-corrected chi connectivity index (χ1v) is 10.4. The SMILES string of the molecule is [C-]#[N+]c1ccc(S(=O)(=O)N2CCc3cc(/C=C/C(=O)OC(C)(C)C)cnc32)cc1. The van der Waals surface area contributed by atoms with Crippen LogP contribution in [0.3, 0.4) is 0 Å². The van der Waals surface area contributed by atoms with Crippen molar-refractivity contribution in [3.8, 4) is 0 Å². The topological polar surface area (TPSA) is 80.9 Å². The van der Waals surface area contributed by atoms with Gasteiger partial charge in [0, 0.05) is 18.8 Å². The number of hydrogen-bond donors (Lipinski definition) is 0. The van der Waals surface area contributed by atoms with Crippen molar-refractivity contribution in [3.05, 3.63) is 65.1 Å². The number of carbonyl (C=O) groups excluding carboxylic acids is 1. The van der Waals surface area contributed by atoms with E-state index in [2.05, 4.69) is 9.83 Å². The number of sulfonamides is 1. The van der Waals surface area contributed by atoms with Crippen molar-refractivity contribution in [3.63, 3.8) is 0 Å². The van der Waals surface area contributed by atoms with Crippen LogP contribution in [-0.2, 0) is 26.0 Å². The molecular weight excluding hydrogens is 390 g/mol. The molecule has 1 aliphatic rings. The third-order valence-corrected chi connectivity index (χ3v) is 5.96. The molecule has 0 atom stereocenters. The summed E-state index contributed by atoms with van der Waals surface area (Å²) in [6.07, 6.45) is 4.98. The van der Waals surface area contributed by atoms with E-state index in [1.54, 1.807) is 26.8 Å². The highest BCUT2D eigenvalue weighted by atomic mass is 32.2. The van der Waals surface area contributed by atoms with Crippen LogP contribution in [0.2, 0.25) is 0 Å². The van der Waals surface area contributed by atoms with Crippen LogP contribution in [0, 0.1) is 6.57 Å². The highest BCUT2D eigenvalue weighted by molar-refractivity contribution is 7.92. The Morgan fingerprint density at radius 1 is 1.28 bits per heavy atom. The van der Waals surface area contributed by atoms with E-state index in [4.69, 9.17) is 11.3 Å². The summed E-state index contributed by atoms with van der Waals surface area (Å²) in [6.45, 7) is 12.6. The molecule has 1 aromatic heterocycles. The van der Waals surface area contributed by atoms with Gasteiger partial charge < -0.3 is 4.74 Å². The second-order valence-electron chi connectivity index (χ2n) is 7.55. The second kappa shape index (κ2) is 7.68. The van der Waals surface area contributed by atoms with Gasteiger partial charge in [-0.2, -0.15) is 0 Å². The Bertz CT molecular complexity index is 1110. The Labute approximate surface area is 170 Å². The van der Waals surface area contributed by atoms with Crippen molar-refractivity contribution in [2.75, 3.05) is 10.8 Å². The molecule has 0 bridgehead atoms. The monoisotopic (exact) mass is 411 g/mol. The van der Waals surface area contributed by atoms with Crippen LogP contribution in [0.15, 0.2) is 47.5 Å². The first kappa shape index (κ1) is 20.6. The first-order chi connectivity index (χ1) is 13.6. The zero-order valence-electron chi connectivity index (χ0n) is 16.4. The second-order valence-corrected chi connectivity index (χ2v) is 9.41. The van der Waals surface area contributed by atoms with E-state index in [-0.39, 0.29) is 11.4 Å². The lowest BCUT2D eigenvalue weighted by atomic mass is 10.1. The summed E-state index contributed by atoms with van der Waals surface area (Å²) in [7, 11) is -3.76. The molecular formula is C21H21N3O4S. The molecule has 0 fully saturated rings. The number of rotatable bonds is 4. The molecule has 0 saturated heterocycles. The van der Waals surface area contributed by atoms with Crippen LogP contribution in [-0.4, -0.2) is 31.5 Å². The molecule has 1 aliphatic heterocycles. The zero-order chi connectivity index (χ0) is 21.2. The molecule has 29 heavy (non-hydrogen) atoms. The fraction of sp³-hybridized carbons (Fsp3) is 0.286. The predicted molar refractivity (Wildman–Crippen MR) is 110 cm³/mol. The highest BCUT2D eigenvalue weighted by Gasteiger charge is 2.32. The van der Waals surface area contributed by atoms with Crippen molar-refractivity contribution < 1.29 is 17.9 Å². The quantitative estimate of drug-likeness (QED) is 0.435. The third kappa shape index (κ3) is 4.63. The molecule has 2 aromatic rings. The third-order valence-electron chi connectivity index (χ3n) is 4.16. The zero-order valence-corrected chi connectivity index (χ0v) is 17.2. The molecule has 3 rings (SSSR count). The van der Waals surface area contributed by atoms with E-state index in [9.17, 15) is 13.2 Å². The van der Waals surface area contributed by atoms with Crippen molar-refractivity contribution >= 4 is 33.6 Å². The van der Waals surface area contributed by atoms with Gasteiger partial charge in [0.1, 0.15) is 11.4 Å². The van der Waals surface area contributed by atoms with Gasteiger partial charge in [0.2, 0.25) is 0 Å². The van der Waals surface area contributed by atoms with Gasteiger partial charge in [-0.3, -0.25) is 0 Å². The maximum atomic E-state index is 13.0. The molecule has 0 unspecified atom stereocenters. The van der Waals surface area contributed by atoms with E-state index in [0.717, 1.165) is 5.56 Å². The summed E-state index contributed by atoms with van der Waals surface area (Å²) in [5.74, 6) is -0.0706. The van der Waals surface area contributed by atoms with E-state index in [0.29, 0.717) is 23.5 Å². The van der Waals surface area contributed by atoms with Crippen LogP contribution < -0.4 is 4.31 Å². The average Bonchev–Trinajstić information content (AvgIpc) is 3.09. The van der Waals surface area contributed by atoms with Gasteiger partial charge in [0.25, 0.3) is 10.0 Å². The number of carbonyl (C=O) groups is 1. The number of esters is 1. The van der Waals surface area contributed by atoms with Gasteiger partial charge in [-0.05, 0) is 50.5 Å². The summed E-state index contributed by atoms with van der Waals surface area (Å²) in [6, 6.07) is 7.64. The maximum Gasteiger partial charge on any atom is 0.331 e. The van der Waals surface area contributed by atoms with Gasteiger partial charge in [-0.1, -0.05) is 24.3 Å². The Balaban J connectivity index is 1.81. The number of pyridine rings is 1. The van der Waals surface area contributed by atoms with Crippen LogP contribution in [0.5, 0.6) is 0 Å². The van der Waals surface area contributed by atoms with Crippen molar-refractivity contribution in [2.24, 2.45) is 0 Å². The highest BCUT2D eigenvalue weighted by Crippen LogP contribution is 2.32. The lowest BCUT2D eigenvalue weighted by Crippen LogP contribution is -2.29. The minimum Gasteiger partial charge on any atom is -0.457 e. The molecule has 0 amide bonds. The largest absolute Gasteiger partial charge is 0.457 e. The lowest BCUT2D eigenvalue weighted by molar-refractivity contribution is -0.148. The molecule has 1 aromatic carbocycles. The van der Waals surface area contributed by atoms with Crippen LogP contribution in [0.4, 0.5) is 11.5 Å². The number of fused-ring (bicyclic) bond motifs is 1. The fourth-order valence-electron chi connectivity index (χ4n) is 2.90. The Morgan fingerprint density at radius 2 is 1.97 bits per heavy atom. The summed E-state index contributed by atoms with van der Waals surface area (Å²) >= 11 is 0. The summed E-state index contributed by atoms with van der Waals surface area (Å²) in [5.41, 5.74) is 1.29. The van der Waals surface area contributed by atoms with Crippen molar-refractivity contribution in [2.45, 2.75) is 37.7 Å². The lowest BCUT2D eigenvalue weighted by Gasteiger charge is -2.18. The minimum atomic E-state index is -3.76. The average molecular weight is 411 g/mol. The minimum absolute atomic E-state index is 0.119. The Hall–Kier alpha value is -3.18. The van der Waals surface area contributed by atoms with Crippen LogP contribution >= 0.6 is 0 Å². The Morgan fingerprint density at radius 3 is 2.59 bits per heavy atom. The number of nitrogens with zero attached hydrogens (tertiary/aromatic N) is 3. The number of ether oxygens (including phenoxy) is 1. The molecule has 0 saturated carbocycles. The van der Waals surface area contributed by atoms with Gasteiger partial charge in [0.05, 0.1) is 11.5 Å². The van der Waals surface area contributed by atoms with E-state index in [1.165, 1.54) is 40.8 Å². The molecule has 150 valence electrons. The standard InChI is InChI=1S/C21H21N3O4S/c1-21(2,3)28-19(25)10-5-15-13-16-11-12-24(20(16)23-14-15)29(26,27)18-8-6-17(22-4)7-9-18/h5-10,13-14H,11-12H2,1-3H3/b10-5+. The van der Waals surface area contributed by atoms with E-state index in [1.807, 2.05) is 6.07 Å². The van der Waals surface area contributed by atoms with Crippen LogP contribution in [0.1, 0.15) is 31.9 Å². The Kier molecular flexibility index (Phi) is 5.44. The molecule has 0 N–H and O–H groups in total.